The predicted molar refractivity (Wildman–Crippen MR) is 80.3 cm³/mol. The smallest absolute Gasteiger partial charge is 0.0596 e. The molecule has 1 atom stereocenters. The van der Waals surface area contributed by atoms with Gasteiger partial charge < -0.3 is 0 Å². The zero-order valence-corrected chi connectivity index (χ0v) is 13.0. The van der Waals surface area contributed by atoms with Gasteiger partial charge in [-0.25, -0.2) is 0 Å². The molecule has 100 valence electrons. The third kappa shape index (κ3) is 3.08. The van der Waals surface area contributed by atoms with Gasteiger partial charge in [0.1, 0.15) is 0 Å². The third-order valence-electron chi connectivity index (χ3n) is 4.03. The number of nitrogens with two attached hydrogens (primary N) is 1. The molecule has 4 heteroatoms. The van der Waals surface area contributed by atoms with E-state index in [4.69, 9.17) is 17.4 Å². The molecule has 1 aliphatic rings. The number of rotatable bonds is 3. The number of hydrazine groups is 1. The van der Waals surface area contributed by atoms with Gasteiger partial charge in [0, 0.05) is 4.47 Å². The van der Waals surface area contributed by atoms with Crippen molar-refractivity contribution in [2.75, 3.05) is 0 Å². The van der Waals surface area contributed by atoms with Gasteiger partial charge in [0.2, 0.25) is 0 Å². The molecule has 1 aromatic carbocycles. The summed E-state index contributed by atoms with van der Waals surface area (Å²) in [6.07, 6.45) is 5.01. The van der Waals surface area contributed by atoms with Crippen molar-refractivity contribution in [2.45, 2.75) is 38.6 Å². The molecule has 0 amide bonds. The Balaban J connectivity index is 2.20. The van der Waals surface area contributed by atoms with Gasteiger partial charge in [-0.1, -0.05) is 43.5 Å². The van der Waals surface area contributed by atoms with Crippen LogP contribution in [0.2, 0.25) is 5.02 Å². The molecule has 1 unspecified atom stereocenters. The highest BCUT2D eigenvalue weighted by Gasteiger charge is 2.28. The first-order chi connectivity index (χ1) is 8.63. The van der Waals surface area contributed by atoms with E-state index >= 15 is 0 Å². The molecular weight excluding hydrogens is 312 g/mol. The monoisotopic (exact) mass is 330 g/mol. The Morgan fingerprint density at radius 2 is 2.00 bits per heavy atom. The molecule has 0 heterocycles. The van der Waals surface area contributed by atoms with E-state index in [-0.39, 0.29) is 6.04 Å². The number of hydrogen-bond acceptors (Lipinski definition) is 2. The second-order valence-corrected chi connectivity index (χ2v) is 6.54. The lowest BCUT2D eigenvalue weighted by Gasteiger charge is -2.33. The van der Waals surface area contributed by atoms with E-state index in [1.165, 1.54) is 25.7 Å². The van der Waals surface area contributed by atoms with Crippen LogP contribution in [0, 0.1) is 11.8 Å². The molecule has 0 saturated heterocycles. The summed E-state index contributed by atoms with van der Waals surface area (Å²) in [6.45, 7) is 2.33. The van der Waals surface area contributed by atoms with Crippen LogP contribution < -0.4 is 11.3 Å². The minimum atomic E-state index is 0.155. The van der Waals surface area contributed by atoms with Gasteiger partial charge in [-0.3, -0.25) is 11.3 Å². The SMILES string of the molecule is CC1CCC(C(NN)c2cccc(Br)c2Cl)CC1. The van der Waals surface area contributed by atoms with Crippen molar-refractivity contribution >= 4 is 27.5 Å². The maximum Gasteiger partial charge on any atom is 0.0596 e. The third-order valence-corrected chi connectivity index (χ3v) is 5.34. The minimum absolute atomic E-state index is 0.155. The van der Waals surface area contributed by atoms with Crippen LogP contribution in [0.5, 0.6) is 0 Å². The van der Waals surface area contributed by atoms with E-state index in [9.17, 15) is 0 Å². The fourth-order valence-electron chi connectivity index (χ4n) is 2.86. The zero-order chi connectivity index (χ0) is 13.1. The largest absolute Gasteiger partial charge is 0.271 e. The van der Waals surface area contributed by atoms with Gasteiger partial charge in [-0.2, -0.15) is 0 Å². The standard InChI is InChI=1S/C14H20BrClN2/c1-9-5-7-10(8-6-9)14(18-17)11-3-2-4-12(15)13(11)16/h2-4,9-10,14,18H,5-8,17H2,1H3. The molecule has 0 aromatic heterocycles. The van der Waals surface area contributed by atoms with E-state index in [1.807, 2.05) is 12.1 Å². The van der Waals surface area contributed by atoms with Crippen LogP contribution in [-0.2, 0) is 0 Å². The van der Waals surface area contributed by atoms with Crippen LogP contribution in [0.1, 0.15) is 44.2 Å². The minimum Gasteiger partial charge on any atom is -0.271 e. The maximum atomic E-state index is 6.37. The molecular formula is C14H20BrClN2. The molecule has 1 aromatic rings. The molecule has 0 radical (unpaired) electrons. The summed E-state index contributed by atoms with van der Waals surface area (Å²) >= 11 is 9.85. The Kier molecular flexibility index (Phi) is 5.07. The lowest BCUT2D eigenvalue weighted by molar-refractivity contribution is 0.232. The topological polar surface area (TPSA) is 38.0 Å². The van der Waals surface area contributed by atoms with Crippen LogP contribution in [0.3, 0.4) is 0 Å². The Labute approximate surface area is 122 Å². The Morgan fingerprint density at radius 1 is 1.33 bits per heavy atom. The van der Waals surface area contributed by atoms with Crippen molar-refractivity contribution in [3.05, 3.63) is 33.3 Å². The van der Waals surface area contributed by atoms with Crippen LogP contribution in [0.25, 0.3) is 0 Å². The van der Waals surface area contributed by atoms with Crippen molar-refractivity contribution in [1.82, 2.24) is 5.43 Å². The van der Waals surface area contributed by atoms with Crippen molar-refractivity contribution in [3.8, 4) is 0 Å². The average molecular weight is 332 g/mol. The highest BCUT2D eigenvalue weighted by Crippen LogP contribution is 2.40. The maximum absolute atomic E-state index is 6.37. The van der Waals surface area contributed by atoms with E-state index in [2.05, 4.69) is 34.3 Å². The number of nitrogens with one attached hydrogen (secondary N) is 1. The van der Waals surface area contributed by atoms with E-state index < -0.39 is 0 Å². The average Bonchev–Trinajstić information content (AvgIpc) is 2.37. The van der Waals surface area contributed by atoms with Gasteiger partial charge in [-0.05, 0) is 52.2 Å². The van der Waals surface area contributed by atoms with Crippen molar-refractivity contribution in [2.24, 2.45) is 17.7 Å². The lowest BCUT2D eigenvalue weighted by Crippen LogP contribution is -2.35. The summed E-state index contributed by atoms with van der Waals surface area (Å²) < 4.78 is 0.936. The molecule has 2 rings (SSSR count). The quantitative estimate of drug-likeness (QED) is 0.635. The number of benzene rings is 1. The molecule has 2 nitrogen and oxygen atoms in total. The predicted octanol–water partition coefficient (Wildman–Crippen LogP) is 4.43. The normalized spacial score (nSPS) is 26.0. The first-order valence-corrected chi connectivity index (χ1v) is 7.70. The summed E-state index contributed by atoms with van der Waals surface area (Å²) in [6, 6.07) is 6.20. The van der Waals surface area contributed by atoms with Gasteiger partial charge >= 0.3 is 0 Å². The van der Waals surface area contributed by atoms with E-state index in [0.717, 1.165) is 21.0 Å². The summed E-state index contributed by atoms with van der Waals surface area (Å²) in [4.78, 5) is 0. The van der Waals surface area contributed by atoms with Crippen LogP contribution in [-0.4, -0.2) is 0 Å². The second kappa shape index (κ2) is 6.38. The van der Waals surface area contributed by atoms with Crippen molar-refractivity contribution in [1.29, 1.82) is 0 Å². The van der Waals surface area contributed by atoms with E-state index in [0.29, 0.717) is 5.92 Å². The number of halogens is 2. The van der Waals surface area contributed by atoms with Gasteiger partial charge in [0.15, 0.2) is 0 Å². The summed E-state index contributed by atoms with van der Waals surface area (Å²) in [5.74, 6) is 7.19. The molecule has 0 bridgehead atoms. The van der Waals surface area contributed by atoms with Gasteiger partial charge in [0.25, 0.3) is 0 Å². The summed E-state index contributed by atoms with van der Waals surface area (Å²) in [5.41, 5.74) is 4.07. The first kappa shape index (κ1) is 14.3. The van der Waals surface area contributed by atoms with Crippen LogP contribution in [0.15, 0.2) is 22.7 Å². The molecule has 1 aliphatic carbocycles. The highest BCUT2D eigenvalue weighted by molar-refractivity contribution is 9.10. The zero-order valence-electron chi connectivity index (χ0n) is 10.6. The summed E-state index contributed by atoms with van der Waals surface area (Å²) in [7, 11) is 0. The first-order valence-electron chi connectivity index (χ1n) is 6.53. The Morgan fingerprint density at radius 3 is 2.61 bits per heavy atom. The fraction of sp³-hybridized carbons (Fsp3) is 0.571. The Hall–Kier alpha value is -0.0900. The fourth-order valence-corrected chi connectivity index (χ4v) is 3.48. The molecule has 18 heavy (non-hydrogen) atoms. The number of hydrogen-bond donors (Lipinski definition) is 2. The van der Waals surface area contributed by atoms with Crippen LogP contribution in [0.4, 0.5) is 0 Å². The Bertz CT molecular complexity index is 403. The van der Waals surface area contributed by atoms with Crippen molar-refractivity contribution < 1.29 is 0 Å². The van der Waals surface area contributed by atoms with E-state index in [1.54, 1.807) is 0 Å². The molecule has 0 aliphatic heterocycles. The molecule has 3 N–H and O–H groups in total. The highest BCUT2D eigenvalue weighted by atomic mass is 79.9. The van der Waals surface area contributed by atoms with Gasteiger partial charge in [0.05, 0.1) is 11.1 Å². The van der Waals surface area contributed by atoms with Crippen molar-refractivity contribution in [3.63, 3.8) is 0 Å². The molecule has 0 spiro atoms. The van der Waals surface area contributed by atoms with Crippen LogP contribution >= 0.6 is 27.5 Å². The molecule has 1 fully saturated rings. The van der Waals surface area contributed by atoms with Gasteiger partial charge in [-0.15, -0.1) is 0 Å². The lowest BCUT2D eigenvalue weighted by atomic mass is 9.77. The summed E-state index contributed by atoms with van der Waals surface area (Å²) in [5, 5.41) is 0.777. The molecule has 1 saturated carbocycles. The second-order valence-electron chi connectivity index (χ2n) is 5.31.